The maximum absolute atomic E-state index is 14.5. The van der Waals surface area contributed by atoms with Crippen LogP contribution in [0.1, 0.15) is 20.8 Å². The number of amides is 1. The van der Waals surface area contributed by atoms with Crippen LogP contribution >= 0.6 is 0 Å². The Labute approximate surface area is 203 Å². The van der Waals surface area contributed by atoms with Crippen molar-refractivity contribution >= 4 is 33.4 Å². The molecule has 1 amide bonds. The molecule has 0 atom stereocenters. The number of hydrogen-bond donors (Lipinski definition) is 0. The van der Waals surface area contributed by atoms with Gasteiger partial charge in [-0.3, -0.25) is 0 Å². The summed E-state index contributed by atoms with van der Waals surface area (Å²) < 4.78 is 76.2. The van der Waals surface area contributed by atoms with E-state index in [2.05, 4.69) is 0 Å². The fourth-order valence-corrected chi connectivity index (χ4v) is 5.24. The van der Waals surface area contributed by atoms with E-state index in [-0.39, 0.29) is 24.5 Å². The number of hydrogen-bond acceptors (Lipinski definition) is 5. The normalized spacial score (nSPS) is 14.9. The Morgan fingerprint density at radius 3 is 2.11 bits per heavy atom. The van der Waals surface area contributed by atoms with Crippen LogP contribution in [-0.4, -0.2) is 70.2 Å². The fraction of sp³-hybridized carbons (Fsp3) is 0.435. The molecule has 0 unspecified atom stereocenters. The van der Waals surface area contributed by atoms with Gasteiger partial charge >= 0.3 is 16.3 Å². The summed E-state index contributed by atoms with van der Waals surface area (Å²) in [4.78, 5) is 15.4. The molecule has 0 fully saturated rings. The van der Waals surface area contributed by atoms with Crippen molar-refractivity contribution in [3.05, 3.63) is 53.8 Å². The lowest BCUT2D eigenvalue weighted by Crippen LogP contribution is -2.42. The summed E-state index contributed by atoms with van der Waals surface area (Å²) in [6.45, 7) is 6.32. The summed E-state index contributed by atoms with van der Waals surface area (Å²) >= 11 is 0. The molecule has 0 saturated carbocycles. The first kappa shape index (κ1) is 26.6. The molecular formula is C23H29F3N4O4S. The van der Waals surface area contributed by atoms with Crippen molar-refractivity contribution in [2.24, 2.45) is 0 Å². The van der Waals surface area contributed by atoms with Crippen LogP contribution in [0, 0.1) is 17.5 Å². The number of carbonyl (C=O) groups is 1. The maximum atomic E-state index is 14.5. The molecule has 8 nitrogen and oxygen atoms in total. The molecule has 2 aromatic carbocycles. The van der Waals surface area contributed by atoms with Crippen LogP contribution in [0.25, 0.3) is 0 Å². The lowest BCUT2D eigenvalue weighted by atomic mass is 10.2. The second kappa shape index (κ2) is 9.94. The van der Waals surface area contributed by atoms with Gasteiger partial charge in [-0.15, -0.1) is 0 Å². The van der Waals surface area contributed by atoms with Crippen molar-refractivity contribution in [2.75, 3.05) is 48.9 Å². The molecule has 0 saturated heterocycles. The van der Waals surface area contributed by atoms with E-state index in [4.69, 9.17) is 4.74 Å². The molecule has 12 heteroatoms. The average Bonchev–Trinajstić information content (AvgIpc) is 2.95. The second-order valence-electron chi connectivity index (χ2n) is 9.26. The van der Waals surface area contributed by atoms with Crippen LogP contribution in [0.5, 0.6) is 0 Å². The highest BCUT2D eigenvalue weighted by molar-refractivity contribution is 7.95. The lowest BCUT2D eigenvalue weighted by Gasteiger charge is -2.27. The van der Waals surface area contributed by atoms with Crippen LogP contribution in [0.4, 0.5) is 35.0 Å². The number of anilines is 3. The Balaban J connectivity index is 1.75. The predicted molar refractivity (Wildman–Crippen MR) is 128 cm³/mol. The Morgan fingerprint density at radius 1 is 0.971 bits per heavy atom. The van der Waals surface area contributed by atoms with Gasteiger partial charge in [-0.25, -0.2) is 26.6 Å². The number of halogens is 3. The van der Waals surface area contributed by atoms with Crippen LogP contribution in [0.3, 0.4) is 0 Å². The minimum absolute atomic E-state index is 0.0209. The summed E-state index contributed by atoms with van der Waals surface area (Å²) in [5.41, 5.74) is -1.18. The third kappa shape index (κ3) is 5.81. The Morgan fingerprint density at radius 2 is 1.54 bits per heavy atom. The van der Waals surface area contributed by atoms with Gasteiger partial charge in [0.1, 0.15) is 17.1 Å². The Kier molecular flexibility index (Phi) is 7.56. The molecular weight excluding hydrogens is 485 g/mol. The molecule has 0 N–H and O–H groups in total. The van der Waals surface area contributed by atoms with Gasteiger partial charge in [-0.05, 0) is 40.0 Å². The summed E-state index contributed by atoms with van der Waals surface area (Å²) in [6.07, 6.45) is -0.471. The fourth-order valence-electron chi connectivity index (χ4n) is 3.52. The lowest BCUT2D eigenvalue weighted by molar-refractivity contribution is 0.0287. The first-order chi connectivity index (χ1) is 16.2. The van der Waals surface area contributed by atoms with Gasteiger partial charge in [-0.2, -0.15) is 8.42 Å². The number of nitrogens with zero attached hydrogens (tertiary/aromatic N) is 4. The van der Waals surface area contributed by atoms with E-state index in [1.54, 1.807) is 47.0 Å². The number of ether oxygens (including phenoxy) is 1. The highest BCUT2D eigenvalue weighted by Gasteiger charge is 2.43. The second-order valence-corrected chi connectivity index (χ2v) is 11.0. The largest absolute Gasteiger partial charge is 0.444 e. The van der Waals surface area contributed by atoms with Crippen molar-refractivity contribution in [3.63, 3.8) is 0 Å². The van der Waals surface area contributed by atoms with Crippen LogP contribution in [-0.2, 0) is 14.9 Å². The first-order valence-electron chi connectivity index (χ1n) is 10.9. The summed E-state index contributed by atoms with van der Waals surface area (Å²) in [6, 6.07) is 6.99. The molecule has 0 spiro atoms. The quantitative estimate of drug-likeness (QED) is 0.556. The number of para-hydroxylation sites is 2. The monoisotopic (exact) mass is 514 g/mol. The van der Waals surface area contributed by atoms with Crippen LogP contribution in [0.15, 0.2) is 36.4 Å². The number of carbonyl (C=O) groups excluding carboxylic acids is 1. The molecule has 35 heavy (non-hydrogen) atoms. The molecule has 0 radical (unpaired) electrons. The maximum Gasteiger partial charge on any atom is 0.410 e. The molecule has 0 aromatic heterocycles. The van der Waals surface area contributed by atoms with E-state index in [1.165, 1.54) is 17.0 Å². The zero-order valence-electron chi connectivity index (χ0n) is 20.3. The minimum atomic E-state index is -4.41. The Hall–Kier alpha value is -2.99. The van der Waals surface area contributed by atoms with Crippen LogP contribution in [0.2, 0.25) is 0 Å². The van der Waals surface area contributed by atoms with E-state index >= 15 is 0 Å². The molecule has 2 aromatic rings. The molecule has 192 valence electrons. The van der Waals surface area contributed by atoms with E-state index in [0.717, 1.165) is 4.31 Å². The van der Waals surface area contributed by atoms with E-state index < -0.39 is 45.0 Å². The highest BCUT2D eigenvalue weighted by Crippen LogP contribution is 2.46. The van der Waals surface area contributed by atoms with Crippen molar-refractivity contribution in [2.45, 2.75) is 26.4 Å². The molecule has 1 heterocycles. The smallest absolute Gasteiger partial charge is 0.410 e. The van der Waals surface area contributed by atoms with Crippen molar-refractivity contribution in [1.82, 2.24) is 9.80 Å². The zero-order valence-corrected chi connectivity index (χ0v) is 21.1. The third-order valence-electron chi connectivity index (χ3n) is 5.27. The van der Waals surface area contributed by atoms with E-state index in [9.17, 15) is 26.4 Å². The van der Waals surface area contributed by atoms with Gasteiger partial charge in [-0.1, -0.05) is 12.1 Å². The van der Waals surface area contributed by atoms with Crippen molar-refractivity contribution < 1.29 is 31.1 Å². The van der Waals surface area contributed by atoms with Crippen molar-refractivity contribution in [1.29, 1.82) is 0 Å². The summed E-state index contributed by atoms with van der Waals surface area (Å²) in [5, 5.41) is 0. The number of benzene rings is 2. The van der Waals surface area contributed by atoms with Gasteiger partial charge in [0, 0.05) is 45.4 Å². The average molecular weight is 515 g/mol. The highest BCUT2D eigenvalue weighted by atomic mass is 32.2. The predicted octanol–water partition coefficient (Wildman–Crippen LogP) is 4.11. The van der Waals surface area contributed by atoms with Crippen LogP contribution < -0.4 is 8.61 Å². The SMILES string of the molecule is CN(CCN(C)C(=O)OC(C)(C)C)CCN1c2ccccc2N(c2c(F)cc(F)cc2F)S1(=O)=O. The van der Waals surface area contributed by atoms with Gasteiger partial charge in [0.25, 0.3) is 0 Å². The van der Waals surface area contributed by atoms with E-state index in [0.29, 0.717) is 29.5 Å². The minimum Gasteiger partial charge on any atom is -0.444 e. The topological polar surface area (TPSA) is 73.4 Å². The third-order valence-corrected chi connectivity index (χ3v) is 7.05. The Bertz CT molecular complexity index is 1180. The summed E-state index contributed by atoms with van der Waals surface area (Å²) in [7, 11) is -1.04. The molecule has 3 rings (SSSR count). The first-order valence-corrected chi connectivity index (χ1v) is 12.3. The van der Waals surface area contributed by atoms with Gasteiger partial charge in [0.15, 0.2) is 11.6 Å². The molecule has 0 bridgehead atoms. The van der Waals surface area contributed by atoms with E-state index in [1.807, 2.05) is 4.90 Å². The van der Waals surface area contributed by atoms with Crippen molar-refractivity contribution in [3.8, 4) is 0 Å². The van der Waals surface area contributed by atoms with Gasteiger partial charge in [0.05, 0.1) is 11.4 Å². The zero-order chi connectivity index (χ0) is 26.1. The molecule has 1 aliphatic heterocycles. The molecule has 0 aliphatic carbocycles. The van der Waals surface area contributed by atoms with Gasteiger partial charge in [0.2, 0.25) is 0 Å². The number of likely N-dealkylation sites (N-methyl/N-ethyl adjacent to an activating group) is 2. The van der Waals surface area contributed by atoms with Gasteiger partial charge < -0.3 is 14.5 Å². The number of rotatable bonds is 7. The summed E-state index contributed by atoms with van der Waals surface area (Å²) in [5.74, 6) is -3.81. The standard InChI is InChI=1S/C23H29F3N4O4S/c1-23(2,3)34-22(31)28(5)12-10-27(4)11-13-29-19-8-6-7-9-20(19)30(35(29,32)33)21-17(25)14-16(24)15-18(21)26/h6-9,14-15H,10-13H2,1-5H3. The number of fused-ring (bicyclic) bond motifs is 1. The molecule has 1 aliphatic rings.